The van der Waals surface area contributed by atoms with Gasteiger partial charge in [-0.3, -0.25) is 9.52 Å². The summed E-state index contributed by atoms with van der Waals surface area (Å²) in [4.78, 5) is 22.8. The van der Waals surface area contributed by atoms with Gasteiger partial charge in [-0.1, -0.05) is 11.6 Å². The second-order valence-corrected chi connectivity index (χ2v) is 12.1. The fourth-order valence-electron chi connectivity index (χ4n) is 5.31. The van der Waals surface area contributed by atoms with Crippen LogP contribution in [0.3, 0.4) is 0 Å². The molecule has 37 heavy (non-hydrogen) atoms. The molecule has 2 N–H and O–H groups in total. The molecule has 2 aromatic heterocycles. The summed E-state index contributed by atoms with van der Waals surface area (Å²) in [5, 5.41) is 8.52. The van der Waals surface area contributed by atoms with Gasteiger partial charge >= 0.3 is 0 Å². The summed E-state index contributed by atoms with van der Waals surface area (Å²) in [6.45, 7) is 4.45. The monoisotopic (exact) mass is 545 g/mol. The van der Waals surface area contributed by atoms with Crippen molar-refractivity contribution in [3.63, 3.8) is 0 Å². The Hall–Kier alpha value is -2.89. The van der Waals surface area contributed by atoms with Gasteiger partial charge in [0.2, 0.25) is 10.0 Å². The van der Waals surface area contributed by atoms with Gasteiger partial charge in [-0.05, 0) is 57.9 Å². The zero-order valence-electron chi connectivity index (χ0n) is 21.2. The maximum atomic E-state index is 13.8. The molecule has 0 spiro atoms. The molecule has 0 saturated carbocycles. The minimum atomic E-state index is -3.58. The Bertz CT molecular complexity index is 1440. The van der Waals surface area contributed by atoms with Gasteiger partial charge in [0.05, 0.1) is 29.2 Å². The summed E-state index contributed by atoms with van der Waals surface area (Å²) in [6.07, 6.45) is 6.70. The van der Waals surface area contributed by atoms with Crippen LogP contribution in [0.4, 0.5) is 11.5 Å². The first kappa shape index (κ1) is 25.7. The molecule has 2 aliphatic heterocycles. The molecule has 5 rings (SSSR count). The Morgan fingerprint density at radius 3 is 2.70 bits per heavy atom. The molecule has 198 valence electrons. The summed E-state index contributed by atoms with van der Waals surface area (Å²) in [5.74, 6) is 0.680. The second-order valence-electron chi connectivity index (χ2n) is 9.91. The number of sulfonamides is 1. The fourth-order valence-corrected chi connectivity index (χ4v) is 6.06. The highest BCUT2D eigenvalue weighted by Gasteiger charge is 2.32. The van der Waals surface area contributed by atoms with E-state index in [0.717, 1.165) is 67.8 Å². The number of likely N-dealkylation sites (tertiary alicyclic amines) is 1. The first-order chi connectivity index (χ1) is 17.6. The van der Waals surface area contributed by atoms with Crippen LogP contribution in [0.1, 0.15) is 53.3 Å². The molecule has 3 aromatic rings. The number of amides is 1. The third kappa shape index (κ3) is 5.39. The van der Waals surface area contributed by atoms with Gasteiger partial charge < -0.3 is 15.1 Å². The lowest BCUT2D eigenvalue weighted by atomic mass is 9.98. The minimum absolute atomic E-state index is 0.212. The summed E-state index contributed by atoms with van der Waals surface area (Å²) in [6, 6.07) is 6.75. The van der Waals surface area contributed by atoms with E-state index >= 15 is 0 Å². The van der Waals surface area contributed by atoms with Gasteiger partial charge in [0.25, 0.3) is 5.91 Å². The van der Waals surface area contributed by atoms with Crippen LogP contribution in [-0.2, 0) is 10.0 Å². The number of carbonyl (C=O) groups excluding carboxylic acids is 1. The highest BCUT2D eigenvalue weighted by Crippen LogP contribution is 2.34. The van der Waals surface area contributed by atoms with Crippen LogP contribution in [0.25, 0.3) is 5.65 Å². The minimum Gasteiger partial charge on any atom is -0.355 e. The van der Waals surface area contributed by atoms with Crippen molar-refractivity contribution in [2.45, 2.75) is 44.7 Å². The predicted molar refractivity (Wildman–Crippen MR) is 145 cm³/mol. The molecule has 2 saturated heterocycles. The van der Waals surface area contributed by atoms with E-state index < -0.39 is 10.0 Å². The van der Waals surface area contributed by atoms with E-state index in [-0.39, 0.29) is 23.2 Å². The number of rotatable bonds is 6. The SMILES string of the molecule is CNC1CCN(c2nc3cc([C@@H]4CCCCN4C(=O)c4cc(Cl)ccc4NS(C)(=O)=O)nn3cc2C)C1. The summed E-state index contributed by atoms with van der Waals surface area (Å²) >= 11 is 6.20. The lowest BCUT2D eigenvalue weighted by Crippen LogP contribution is -2.39. The van der Waals surface area contributed by atoms with Crippen LogP contribution in [0.15, 0.2) is 30.5 Å². The second kappa shape index (κ2) is 10.1. The molecular weight excluding hydrogens is 514 g/mol. The number of anilines is 2. The van der Waals surface area contributed by atoms with Crippen molar-refractivity contribution in [1.82, 2.24) is 24.8 Å². The molecule has 4 heterocycles. The van der Waals surface area contributed by atoms with E-state index in [2.05, 4.69) is 14.9 Å². The first-order valence-corrected chi connectivity index (χ1v) is 14.8. The lowest BCUT2D eigenvalue weighted by Gasteiger charge is -2.35. The maximum absolute atomic E-state index is 13.8. The van der Waals surface area contributed by atoms with Crippen LogP contribution in [0, 0.1) is 6.92 Å². The Kier molecular flexibility index (Phi) is 7.03. The van der Waals surface area contributed by atoms with Crippen LogP contribution in [-0.4, -0.2) is 72.8 Å². The lowest BCUT2D eigenvalue weighted by molar-refractivity contribution is 0.0607. The number of benzene rings is 1. The maximum Gasteiger partial charge on any atom is 0.256 e. The standard InChI is InChI=1S/C25H32ClN7O3S/c1-16-14-33-23(28-24(16)31-11-9-18(15-31)27-2)13-21(29-33)22-6-4-5-10-32(22)25(34)19-12-17(26)7-8-20(19)30-37(3,35)36/h7-8,12-14,18,22,27,30H,4-6,9-11,15H2,1-3H3/t18?,22-/m0/s1. The zero-order valence-corrected chi connectivity index (χ0v) is 22.8. The molecule has 1 amide bonds. The quantitative estimate of drug-likeness (QED) is 0.489. The molecule has 12 heteroatoms. The third-order valence-electron chi connectivity index (χ3n) is 7.13. The number of likely N-dealkylation sites (N-methyl/N-ethyl adjacent to an activating group) is 1. The molecular formula is C25H32ClN7O3S. The van der Waals surface area contributed by atoms with Gasteiger partial charge in [0.1, 0.15) is 5.82 Å². The third-order valence-corrected chi connectivity index (χ3v) is 7.96. The van der Waals surface area contributed by atoms with Crippen molar-refractivity contribution in [3.05, 3.63) is 52.3 Å². The molecule has 2 fully saturated rings. The van der Waals surface area contributed by atoms with Gasteiger partial charge in [-0.15, -0.1) is 0 Å². The van der Waals surface area contributed by atoms with Crippen molar-refractivity contribution < 1.29 is 13.2 Å². The van der Waals surface area contributed by atoms with E-state index in [0.29, 0.717) is 17.6 Å². The molecule has 2 aliphatic rings. The van der Waals surface area contributed by atoms with Crippen molar-refractivity contribution >= 4 is 44.7 Å². The number of carbonyl (C=O) groups is 1. The number of halogens is 1. The topological polar surface area (TPSA) is 112 Å². The number of nitrogens with one attached hydrogen (secondary N) is 2. The van der Waals surface area contributed by atoms with Gasteiger partial charge in [-0.25, -0.2) is 17.9 Å². The number of fused-ring (bicyclic) bond motifs is 1. The number of hydrogen-bond donors (Lipinski definition) is 2. The van der Waals surface area contributed by atoms with E-state index in [1.54, 1.807) is 15.5 Å². The molecule has 1 unspecified atom stereocenters. The highest BCUT2D eigenvalue weighted by atomic mass is 35.5. The van der Waals surface area contributed by atoms with Crippen LogP contribution >= 0.6 is 11.6 Å². The van der Waals surface area contributed by atoms with E-state index in [1.165, 1.54) is 12.1 Å². The molecule has 0 radical (unpaired) electrons. The number of aromatic nitrogens is 3. The normalized spacial score (nSPS) is 20.5. The number of piperidine rings is 1. The summed E-state index contributed by atoms with van der Waals surface area (Å²) < 4.78 is 28.1. The van der Waals surface area contributed by atoms with Crippen LogP contribution in [0.2, 0.25) is 5.02 Å². The molecule has 2 atom stereocenters. The van der Waals surface area contributed by atoms with E-state index in [1.807, 2.05) is 26.2 Å². The zero-order chi connectivity index (χ0) is 26.3. The number of nitrogens with zero attached hydrogens (tertiary/aromatic N) is 5. The van der Waals surface area contributed by atoms with Gasteiger partial charge in [-0.2, -0.15) is 5.10 Å². The number of hydrogen-bond acceptors (Lipinski definition) is 7. The average molecular weight is 546 g/mol. The van der Waals surface area contributed by atoms with Crippen LogP contribution in [0.5, 0.6) is 0 Å². The Morgan fingerprint density at radius 1 is 1.16 bits per heavy atom. The Labute approximate surface area is 222 Å². The van der Waals surface area contributed by atoms with Crippen molar-refractivity contribution in [2.24, 2.45) is 0 Å². The van der Waals surface area contributed by atoms with Crippen molar-refractivity contribution in [2.75, 3.05) is 42.6 Å². The van der Waals surface area contributed by atoms with Crippen molar-refractivity contribution in [1.29, 1.82) is 0 Å². The summed E-state index contributed by atoms with van der Waals surface area (Å²) in [7, 11) is -1.59. The molecule has 10 nitrogen and oxygen atoms in total. The predicted octanol–water partition coefficient (Wildman–Crippen LogP) is 3.23. The summed E-state index contributed by atoms with van der Waals surface area (Å²) in [5.41, 5.74) is 2.99. The highest BCUT2D eigenvalue weighted by molar-refractivity contribution is 7.92. The van der Waals surface area contributed by atoms with E-state index in [4.69, 9.17) is 21.7 Å². The molecule has 0 bridgehead atoms. The average Bonchev–Trinajstić information content (AvgIpc) is 3.50. The first-order valence-electron chi connectivity index (χ1n) is 12.5. The fraction of sp³-hybridized carbons (Fsp3) is 0.480. The smallest absolute Gasteiger partial charge is 0.256 e. The Morgan fingerprint density at radius 2 is 1.97 bits per heavy atom. The molecule has 0 aliphatic carbocycles. The van der Waals surface area contributed by atoms with Gasteiger partial charge in [0.15, 0.2) is 5.65 Å². The molecule has 1 aromatic carbocycles. The van der Waals surface area contributed by atoms with Crippen LogP contribution < -0.4 is 14.9 Å². The Balaban J connectivity index is 1.47. The van der Waals surface area contributed by atoms with Crippen molar-refractivity contribution in [3.8, 4) is 0 Å². The van der Waals surface area contributed by atoms with Gasteiger partial charge in [0, 0.05) is 48.5 Å². The number of aryl methyl sites for hydroxylation is 1. The van der Waals surface area contributed by atoms with E-state index in [9.17, 15) is 13.2 Å². The largest absolute Gasteiger partial charge is 0.355 e.